The Kier molecular flexibility index (Phi) is 2.75. The first kappa shape index (κ1) is 11.8. The second-order valence-corrected chi connectivity index (χ2v) is 4.41. The molecule has 3 heterocycles. The Hall–Kier alpha value is -2.28. The SMILES string of the molecule is O=C(O)C1(Nc2ccc3nccnc3n2)CCOC1. The molecule has 0 saturated carbocycles. The maximum absolute atomic E-state index is 11.4. The molecule has 1 atom stereocenters. The number of pyridine rings is 1. The summed E-state index contributed by atoms with van der Waals surface area (Å²) in [4.78, 5) is 23.9. The fraction of sp³-hybridized carbons (Fsp3) is 0.333. The van der Waals surface area contributed by atoms with Crippen LogP contribution in [-0.2, 0) is 9.53 Å². The van der Waals surface area contributed by atoms with E-state index in [1.54, 1.807) is 24.5 Å². The van der Waals surface area contributed by atoms with E-state index in [1.807, 2.05) is 0 Å². The van der Waals surface area contributed by atoms with Crippen molar-refractivity contribution >= 4 is 23.0 Å². The maximum atomic E-state index is 11.4. The summed E-state index contributed by atoms with van der Waals surface area (Å²) in [5, 5.41) is 12.3. The van der Waals surface area contributed by atoms with Crippen molar-refractivity contribution in [2.24, 2.45) is 0 Å². The molecular weight excluding hydrogens is 248 g/mol. The molecule has 7 heteroatoms. The first-order chi connectivity index (χ1) is 9.20. The number of carboxylic acid groups (broad SMARTS) is 1. The summed E-state index contributed by atoms with van der Waals surface area (Å²) >= 11 is 0. The minimum atomic E-state index is -1.11. The standard InChI is InChI=1S/C12H12N4O3/c17-11(18)12(3-6-19-7-12)16-9-2-1-8-10(15-9)14-5-4-13-8/h1-2,4-5H,3,6-7H2,(H,17,18)(H,14,15,16). The third-order valence-electron chi connectivity index (χ3n) is 3.13. The number of hydrogen-bond donors (Lipinski definition) is 2. The molecule has 1 fully saturated rings. The van der Waals surface area contributed by atoms with Crippen LogP contribution in [0.3, 0.4) is 0 Å². The van der Waals surface area contributed by atoms with E-state index in [4.69, 9.17) is 4.74 Å². The van der Waals surface area contributed by atoms with Crippen molar-refractivity contribution in [2.45, 2.75) is 12.0 Å². The molecule has 0 aliphatic carbocycles. The highest BCUT2D eigenvalue weighted by atomic mass is 16.5. The number of nitrogens with one attached hydrogen (secondary N) is 1. The average Bonchev–Trinajstić information content (AvgIpc) is 2.88. The molecule has 1 saturated heterocycles. The zero-order valence-corrected chi connectivity index (χ0v) is 10.0. The molecule has 2 N–H and O–H groups in total. The summed E-state index contributed by atoms with van der Waals surface area (Å²) in [6.45, 7) is 0.551. The second kappa shape index (κ2) is 4.43. The van der Waals surface area contributed by atoms with Crippen molar-refractivity contribution < 1.29 is 14.6 Å². The summed E-state index contributed by atoms with van der Waals surface area (Å²) in [7, 11) is 0. The summed E-state index contributed by atoms with van der Waals surface area (Å²) in [5.41, 5.74) is 0.0372. The predicted molar refractivity (Wildman–Crippen MR) is 66.8 cm³/mol. The van der Waals surface area contributed by atoms with E-state index in [-0.39, 0.29) is 6.61 Å². The van der Waals surface area contributed by atoms with E-state index in [0.29, 0.717) is 30.0 Å². The molecular formula is C12H12N4O3. The van der Waals surface area contributed by atoms with Crippen LogP contribution >= 0.6 is 0 Å². The summed E-state index contributed by atoms with van der Waals surface area (Å²) < 4.78 is 5.18. The molecule has 0 amide bonds. The molecule has 7 nitrogen and oxygen atoms in total. The van der Waals surface area contributed by atoms with Gasteiger partial charge in [0, 0.05) is 25.4 Å². The summed E-state index contributed by atoms with van der Waals surface area (Å²) in [5.74, 6) is -0.480. The predicted octanol–water partition coefficient (Wildman–Crippen LogP) is 0.680. The maximum Gasteiger partial charge on any atom is 0.331 e. The van der Waals surface area contributed by atoms with E-state index in [9.17, 15) is 9.90 Å². The van der Waals surface area contributed by atoms with Crippen LogP contribution in [0.25, 0.3) is 11.2 Å². The molecule has 1 aliphatic heterocycles. The van der Waals surface area contributed by atoms with Crippen molar-refractivity contribution in [2.75, 3.05) is 18.5 Å². The molecule has 2 aromatic heterocycles. The summed E-state index contributed by atoms with van der Waals surface area (Å²) in [6, 6.07) is 3.45. The topological polar surface area (TPSA) is 97.2 Å². The lowest BCUT2D eigenvalue weighted by molar-refractivity contribution is -0.142. The molecule has 19 heavy (non-hydrogen) atoms. The van der Waals surface area contributed by atoms with Crippen molar-refractivity contribution in [1.82, 2.24) is 15.0 Å². The monoisotopic (exact) mass is 260 g/mol. The number of carbonyl (C=O) groups is 1. The van der Waals surface area contributed by atoms with Gasteiger partial charge >= 0.3 is 5.97 Å². The van der Waals surface area contributed by atoms with Gasteiger partial charge in [-0.15, -0.1) is 0 Å². The quantitative estimate of drug-likeness (QED) is 0.837. The Morgan fingerprint density at radius 3 is 2.95 bits per heavy atom. The Morgan fingerprint density at radius 1 is 1.37 bits per heavy atom. The van der Waals surface area contributed by atoms with Gasteiger partial charge in [0.2, 0.25) is 0 Å². The Morgan fingerprint density at radius 2 is 2.21 bits per heavy atom. The van der Waals surface area contributed by atoms with E-state index < -0.39 is 11.5 Å². The highest BCUT2D eigenvalue weighted by Gasteiger charge is 2.42. The van der Waals surface area contributed by atoms with Gasteiger partial charge in [-0.3, -0.25) is 4.98 Å². The normalized spacial score (nSPS) is 22.5. The Bertz CT molecular complexity index is 625. The van der Waals surface area contributed by atoms with Gasteiger partial charge in [0.15, 0.2) is 11.2 Å². The molecule has 0 radical (unpaired) electrons. The van der Waals surface area contributed by atoms with Gasteiger partial charge in [-0.25, -0.2) is 14.8 Å². The van der Waals surface area contributed by atoms with Gasteiger partial charge in [-0.2, -0.15) is 0 Å². The van der Waals surface area contributed by atoms with E-state index in [2.05, 4.69) is 20.3 Å². The fourth-order valence-corrected chi connectivity index (χ4v) is 2.05. The lowest BCUT2D eigenvalue weighted by atomic mass is 9.99. The number of carboxylic acids is 1. The Labute approximate surface area is 108 Å². The van der Waals surface area contributed by atoms with Gasteiger partial charge < -0.3 is 15.2 Å². The molecule has 98 valence electrons. The number of hydrogen-bond acceptors (Lipinski definition) is 6. The largest absolute Gasteiger partial charge is 0.479 e. The van der Waals surface area contributed by atoms with Crippen LogP contribution in [0.1, 0.15) is 6.42 Å². The van der Waals surface area contributed by atoms with Crippen LogP contribution in [0.2, 0.25) is 0 Å². The number of aliphatic carboxylic acids is 1. The number of aromatic nitrogens is 3. The van der Waals surface area contributed by atoms with Crippen LogP contribution in [0.15, 0.2) is 24.5 Å². The van der Waals surface area contributed by atoms with Crippen molar-refractivity contribution in [3.8, 4) is 0 Å². The molecule has 0 aromatic carbocycles. The van der Waals surface area contributed by atoms with Crippen molar-refractivity contribution in [3.63, 3.8) is 0 Å². The lowest BCUT2D eigenvalue weighted by Crippen LogP contribution is -2.47. The fourth-order valence-electron chi connectivity index (χ4n) is 2.05. The summed E-state index contributed by atoms with van der Waals surface area (Å²) in [6.07, 6.45) is 3.54. The number of nitrogens with zero attached hydrogens (tertiary/aromatic N) is 3. The zero-order valence-electron chi connectivity index (χ0n) is 10.0. The smallest absolute Gasteiger partial charge is 0.331 e. The first-order valence-electron chi connectivity index (χ1n) is 5.87. The lowest BCUT2D eigenvalue weighted by Gasteiger charge is -2.24. The number of ether oxygens (including phenoxy) is 1. The number of rotatable bonds is 3. The van der Waals surface area contributed by atoms with Crippen LogP contribution in [0.5, 0.6) is 0 Å². The van der Waals surface area contributed by atoms with Gasteiger partial charge in [-0.1, -0.05) is 0 Å². The number of fused-ring (bicyclic) bond motifs is 1. The van der Waals surface area contributed by atoms with Crippen molar-refractivity contribution in [3.05, 3.63) is 24.5 Å². The zero-order chi connectivity index (χ0) is 13.3. The first-order valence-corrected chi connectivity index (χ1v) is 5.87. The molecule has 0 bridgehead atoms. The van der Waals surface area contributed by atoms with E-state index >= 15 is 0 Å². The van der Waals surface area contributed by atoms with Crippen LogP contribution in [-0.4, -0.2) is 44.8 Å². The Balaban J connectivity index is 1.94. The highest BCUT2D eigenvalue weighted by molar-refractivity contribution is 5.83. The van der Waals surface area contributed by atoms with Gasteiger partial charge in [0.25, 0.3) is 0 Å². The van der Waals surface area contributed by atoms with Crippen LogP contribution in [0, 0.1) is 0 Å². The third-order valence-corrected chi connectivity index (χ3v) is 3.13. The van der Waals surface area contributed by atoms with E-state index in [0.717, 1.165) is 0 Å². The molecule has 1 unspecified atom stereocenters. The minimum Gasteiger partial charge on any atom is -0.479 e. The molecule has 0 spiro atoms. The molecule has 1 aliphatic rings. The third kappa shape index (κ3) is 2.08. The second-order valence-electron chi connectivity index (χ2n) is 4.41. The van der Waals surface area contributed by atoms with Crippen molar-refractivity contribution in [1.29, 1.82) is 0 Å². The van der Waals surface area contributed by atoms with Gasteiger partial charge in [0.1, 0.15) is 11.3 Å². The molecule has 3 rings (SSSR count). The number of anilines is 1. The average molecular weight is 260 g/mol. The highest BCUT2D eigenvalue weighted by Crippen LogP contribution is 2.24. The van der Waals surface area contributed by atoms with Crippen LogP contribution in [0.4, 0.5) is 5.82 Å². The minimum absolute atomic E-state index is 0.127. The molecule has 2 aromatic rings. The van der Waals surface area contributed by atoms with E-state index in [1.165, 1.54) is 0 Å². The van der Waals surface area contributed by atoms with Crippen LogP contribution < -0.4 is 5.32 Å². The van der Waals surface area contributed by atoms with Gasteiger partial charge in [-0.05, 0) is 12.1 Å². The van der Waals surface area contributed by atoms with Gasteiger partial charge in [0.05, 0.1) is 6.61 Å².